The number of benzene rings is 1. The molecule has 4 heterocycles. The van der Waals surface area contributed by atoms with Gasteiger partial charge in [-0.3, -0.25) is 9.13 Å². The predicted octanol–water partition coefficient (Wildman–Crippen LogP) is 1.33. The Balaban J connectivity index is 1.33. The van der Waals surface area contributed by atoms with Crippen LogP contribution >= 0.6 is 0 Å². The van der Waals surface area contributed by atoms with Crippen LogP contribution in [0.25, 0.3) is 11.0 Å². The largest absolute Gasteiger partial charge is 0.488 e. The smallest absolute Gasteiger partial charge is 0.329 e. The third-order valence-electron chi connectivity index (χ3n) is 6.91. The first-order valence-electron chi connectivity index (χ1n) is 11.2. The zero-order valence-corrected chi connectivity index (χ0v) is 17.4. The number of nitrogens with zero attached hydrogens (tertiary/aromatic N) is 3. The Labute approximate surface area is 172 Å². The molecule has 3 aliphatic rings. The maximum atomic E-state index is 13.0. The van der Waals surface area contributed by atoms with Crippen LogP contribution in [0, 0.1) is 5.92 Å². The number of para-hydroxylation sites is 1. The van der Waals surface area contributed by atoms with E-state index in [-0.39, 0.29) is 17.8 Å². The molecule has 0 saturated carbocycles. The molecule has 7 heteroatoms. The fraction of sp³-hybridized carbons (Fsp3) is 0.682. The molecule has 1 atom stereocenters. The summed E-state index contributed by atoms with van der Waals surface area (Å²) in [5, 5.41) is 6.79. The summed E-state index contributed by atoms with van der Waals surface area (Å²) in [4.78, 5) is 15.6. The second-order valence-electron chi connectivity index (χ2n) is 8.98. The van der Waals surface area contributed by atoms with Crippen molar-refractivity contribution < 1.29 is 4.74 Å². The van der Waals surface area contributed by atoms with E-state index in [1.54, 1.807) is 4.57 Å². The van der Waals surface area contributed by atoms with Crippen molar-refractivity contribution in [2.24, 2.45) is 13.0 Å². The molecule has 1 aromatic carbocycles. The van der Waals surface area contributed by atoms with Crippen molar-refractivity contribution in [3.63, 3.8) is 0 Å². The summed E-state index contributed by atoms with van der Waals surface area (Å²) >= 11 is 0. The lowest BCUT2D eigenvalue weighted by Gasteiger charge is -2.37. The molecule has 0 amide bonds. The molecule has 5 rings (SSSR count). The molecule has 7 nitrogen and oxygen atoms in total. The molecule has 0 aliphatic carbocycles. The Kier molecular flexibility index (Phi) is 5.37. The zero-order valence-electron chi connectivity index (χ0n) is 17.4. The molecule has 0 bridgehead atoms. The monoisotopic (exact) mass is 399 g/mol. The van der Waals surface area contributed by atoms with Crippen molar-refractivity contribution in [2.75, 3.05) is 45.8 Å². The number of imidazole rings is 1. The average molecular weight is 400 g/mol. The molecular weight excluding hydrogens is 366 g/mol. The fourth-order valence-corrected chi connectivity index (χ4v) is 5.14. The third-order valence-corrected chi connectivity index (χ3v) is 6.91. The molecule has 0 radical (unpaired) electrons. The van der Waals surface area contributed by atoms with Gasteiger partial charge in [-0.1, -0.05) is 6.07 Å². The summed E-state index contributed by atoms with van der Waals surface area (Å²) in [6.07, 6.45) is 4.49. The summed E-state index contributed by atoms with van der Waals surface area (Å²) in [5.74, 6) is 1.68. The highest BCUT2D eigenvalue weighted by Gasteiger charge is 2.27. The van der Waals surface area contributed by atoms with Gasteiger partial charge in [0.1, 0.15) is 17.4 Å². The van der Waals surface area contributed by atoms with Gasteiger partial charge in [-0.15, -0.1) is 0 Å². The number of piperidine rings is 2. The lowest BCUT2D eigenvalue weighted by molar-refractivity contribution is 0.0851. The molecule has 3 fully saturated rings. The first-order valence-corrected chi connectivity index (χ1v) is 11.2. The summed E-state index contributed by atoms with van der Waals surface area (Å²) in [5.41, 5.74) is 2.00. The van der Waals surface area contributed by atoms with Crippen LogP contribution in [0.4, 0.5) is 0 Å². The Morgan fingerprint density at radius 2 is 1.93 bits per heavy atom. The SMILES string of the molecule is Cn1c(=O)n(C2CCCNC2)c2cccc(OC3CCN(CC4CNC4)CC3)c21. The van der Waals surface area contributed by atoms with E-state index in [1.165, 1.54) is 19.6 Å². The molecule has 3 saturated heterocycles. The lowest BCUT2D eigenvalue weighted by atomic mass is 10.0. The van der Waals surface area contributed by atoms with Gasteiger partial charge >= 0.3 is 5.69 Å². The minimum absolute atomic E-state index is 0.0636. The molecule has 2 aromatic rings. The fourth-order valence-electron chi connectivity index (χ4n) is 5.14. The van der Waals surface area contributed by atoms with E-state index in [1.807, 2.05) is 23.7 Å². The number of likely N-dealkylation sites (tertiary alicyclic amines) is 1. The number of aromatic nitrogens is 2. The molecule has 29 heavy (non-hydrogen) atoms. The van der Waals surface area contributed by atoms with Gasteiger partial charge in [0.15, 0.2) is 0 Å². The van der Waals surface area contributed by atoms with Crippen molar-refractivity contribution in [3.8, 4) is 5.75 Å². The van der Waals surface area contributed by atoms with Crippen LogP contribution < -0.4 is 21.1 Å². The minimum Gasteiger partial charge on any atom is -0.488 e. The number of hydrogen-bond donors (Lipinski definition) is 2. The molecule has 1 aromatic heterocycles. The van der Waals surface area contributed by atoms with E-state index in [0.29, 0.717) is 0 Å². The van der Waals surface area contributed by atoms with Gasteiger partial charge in [-0.25, -0.2) is 4.79 Å². The number of ether oxygens (including phenoxy) is 1. The van der Waals surface area contributed by atoms with Gasteiger partial charge in [-0.2, -0.15) is 0 Å². The second-order valence-corrected chi connectivity index (χ2v) is 8.98. The van der Waals surface area contributed by atoms with Gasteiger partial charge in [0, 0.05) is 46.3 Å². The number of fused-ring (bicyclic) bond motifs is 1. The Morgan fingerprint density at radius 1 is 1.10 bits per heavy atom. The van der Waals surface area contributed by atoms with Gasteiger partial charge in [0.25, 0.3) is 0 Å². The van der Waals surface area contributed by atoms with E-state index in [4.69, 9.17) is 4.74 Å². The number of hydrogen-bond acceptors (Lipinski definition) is 5. The van der Waals surface area contributed by atoms with Crippen LogP contribution in [0.15, 0.2) is 23.0 Å². The van der Waals surface area contributed by atoms with Gasteiger partial charge in [-0.05, 0) is 50.3 Å². The normalized spacial score (nSPS) is 24.7. The highest BCUT2D eigenvalue weighted by molar-refractivity contribution is 5.82. The van der Waals surface area contributed by atoms with Gasteiger partial charge in [0.05, 0.1) is 11.6 Å². The van der Waals surface area contributed by atoms with Gasteiger partial charge < -0.3 is 20.3 Å². The summed E-state index contributed by atoms with van der Waals surface area (Å²) in [6, 6.07) is 6.34. The standard InChI is InChI=1S/C22H33N5O2/c1-25-21-19(27(22(25)28)17-4-3-9-23-14-17)5-2-6-20(21)29-18-7-10-26(11-8-18)15-16-12-24-13-16/h2,5-6,16-18,23-24H,3-4,7-15H2,1H3. The Morgan fingerprint density at radius 3 is 2.62 bits per heavy atom. The highest BCUT2D eigenvalue weighted by atomic mass is 16.5. The van der Waals surface area contributed by atoms with Crippen LogP contribution in [0.5, 0.6) is 5.75 Å². The Hall–Kier alpha value is -1.83. The number of aryl methyl sites for hydroxylation is 1. The van der Waals surface area contributed by atoms with Crippen LogP contribution in [-0.4, -0.2) is 66.0 Å². The summed E-state index contributed by atoms with van der Waals surface area (Å²) < 4.78 is 10.2. The number of nitrogens with one attached hydrogen (secondary N) is 2. The topological polar surface area (TPSA) is 63.5 Å². The van der Waals surface area contributed by atoms with Gasteiger partial charge in [0.2, 0.25) is 0 Å². The maximum absolute atomic E-state index is 13.0. The Bertz CT molecular complexity index is 902. The average Bonchev–Trinajstić information content (AvgIpc) is 2.98. The second kappa shape index (κ2) is 8.13. The van der Waals surface area contributed by atoms with E-state index in [9.17, 15) is 4.79 Å². The van der Waals surface area contributed by atoms with Crippen molar-refractivity contribution in [1.29, 1.82) is 0 Å². The van der Waals surface area contributed by atoms with Crippen molar-refractivity contribution in [3.05, 3.63) is 28.7 Å². The lowest BCUT2D eigenvalue weighted by Crippen LogP contribution is -2.50. The summed E-state index contributed by atoms with van der Waals surface area (Å²) in [6.45, 7) is 7.65. The first kappa shape index (κ1) is 19.2. The number of rotatable bonds is 5. The molecule has 3 aliphatic heterocycles. The van der Waals surface area contributed by atoms with Crippen LogP contribution in [0.1, 0.15) is 31.7 Å². The quantitative estimate of drug-likeness (QED) is 0.794. The van der Waals surface area contributed by atoms with E-state index < -0.39 is 0 Å². The third kappa shape index (κ3) is 3.71. The molecule has 1 unspecified atom stereocenters. The first-order chi connectivity index (χ1) is 14.2. The minimum atomic E-state index is 0.0636. The van der Waals surface area contributed by atoms with E-state index in [2.05, 4.69) is 21.6 Å². The van der Waals surface area contributed by atoms with Crippen molar-refractivity contribution in [1.82, 2.24) is 24.7 Å². The highest BCUT2D eigenvalue weighted by Crippen LogP contribution is 2.30. The maximum Gasteiger partial charge on any atom is 0.329 e. The van der Waals surface area contributed by atoms with Crippen LogP contribution in [-0.2, 0) is 7.05 Å². The molecular formula is C22H33N5O2. The molecule has 0 spiro atoms. The van der Waals surface area contributed by atoms with Crippen molar-refractivity contribution >= 4 is 11.0 Å². The van der Waals surface area contributed by atoms with Crippen molar-refractivity contribution in [2.45, 2.75) is 37.8 Å². The van der Waals surface area contributed by atoms with E-state index >= 15 is 0 Å². The van der Waals surface area contributed by atoms with E-state index in [0.717, 1.165) is 74.6 Å². The predicted molar refractivity (Wildman–Crippen MR) is 115 cm³/mol. The molecule has 2 N–H and O–H groups in total. The summed E-state index contributed by atoms with van der Waals surface area (Å²) in [7, 11) is 1.87. The molecule has 158 valence electrons. The zero-order chi connectivity index (χ0) is 19.8. The van der Waals surface area contributed by atoms with Crippen LogP contribution in [0.2, 0.25) is 0 Å². The van der Waals surface area contributed by atoms with Crippen LogP contribution in [0.3, 0.4) is 0 Å².